The van der Waals surface area contributed by atoms with E-state index < -0.39 is 0 Å². The number of rotatable bonds is 14. The van der Waals surface area contributed by atoms with Gasteiger partial charge in [-0.25, -0.2) is 0 Å². The first-order chi connectivity index (χ1) is 18.7. The molecule has 0 spiro atoms. The predicted octanol–water partition coefficient (Wildman–Crippen LogP) is 8.41. The van der Waals surface area contributed by atoms with E-state index in [0.29, 0.717) is 17.0 Å². The van der Waals surface area contributed by atoms with Gasteiger partial charge in [0.25, 0.3) is 0 Å². The van der Waals surface area contributed by atoms with Crippen molar-refractivity contribution < 1.29 is 0 Å². The van der Waals surface area contributed by atoms with Crippen molar-refractivity contribution in [1.29, 1.82) is 10.8 Å². The van der Waals surface area contributed by atoms with Gasteiger partial charge in [0.2, 0.25) is 0 Å². The normalized spacial score (nSPS) is 11.8. The molecule has 0 saturated heterocycles. The van der Waals surface area contributed by atoms with Crippen molar-refractivity contribution >= 4 is 25.8 Å². The van der Waals surface area contributed by atoms with Gasteiger partial charge in [-0.3, -0.25) is 0 Å². The van der Waals surface area contributed by atoms with E-state index in [2.05, 4.69) is 94.3 Å². The van der Waals surface area contributed by atoms with Gasteiger partial charge >= 0.3 is 0 Å². The Labute approximate surface area is 230 Å². The van der Waals surface area contributed by atoms with E-state index in [4.69, 9.17) is 10.8 Å². The van der Waals surface area contributed by atoms with Crippen molar-refractivity contribution in [2.24, 2.45) is 0 Å². The summed E-state index contributed by atoms with van der Waals surface area (Å²) in [6, 6.07) is 41.5. The summed E-state index contributed by atoms with van der Waals surface area (Å²) >= 11 is 0. The number of benzene rings is 4. The summed E-state index contributed by atoms with van der Waals surface area (Å²) in [6.45, 7) is 2.21. The van der Waals surface area contributed by atoms with Crippen LogP contribution in [-0.4, -0.2) is 25.8 Å². The monoisotopic (exact) mass is 494 g/mol. The molecule has 0 saturated carbocycles. The Balaban J connectivity index is 1.35. The number of nitrogens with one attached hydrogen (secondary N) is 2. The van der Waals surface area contributed by atoms with Crippen molar-refractivity contribution in [3.05, 3.63) is 144 Å². The third-order valence-electron chi connectivity index (χ3n) is 7.24. The zero-order valence-electron chi connectivity index (χ0n) is 22.3. The lowest BCUT2D eigenvalue weighted by Crippen LogP contribution is -2.23. The summed E-state index contributed by atoms with van der Waals surface area (Å²) < 4.78 is 0. The lowest BCUT2D eigenvalue weighted by Gasteiger charge is -2.23. The molecule has 0 heterocycles. The molecule has 0 fully saturated rings. The number of hydrogen-bond donors (Lipinski definition) is 2. The first-order valence-corrected chi connectivity index (χ1v) is 13.7. The van der Waals surface area contributed by atoms with Gasteiger partial charge in [-0.2, -0.15) is 0 Å². The van der Waals surface area contributed by atoms with Crippen molar-refractivity contribution in [2.75, 3.05) is 0 Å². The summed E-state index contributed by atoms with van der Waals surface area (Å²) in [7, 11) is 4.27. The zero-order chi connectivity index (χ0) is 26.6. The van der Waals surface area contributed by atoms with Gasteiger partial charge in [-0.15, -0.1) is 0 Å². The highest BCUT2D eigenvalue weighted by Gasteiger charge is 2.23. The van der Waals surface area contributed by atoms with Crippen LogP contribution in [0.5, 0.6) is 0 Å². The SMILES string of the molecule is CCC([B]C(=N)C(c1ccccc1)c1ccccc1)CCC[B]C(=N)C(c1ccccc1)c1ccccc1. The Morgan fingerprint density at radius 1 is 0.579 bits per heavy atom. The van der Waals surface area contributed by atoms with Gasteiger partial charge < -0.3 is 10.8 Å². The lowest BCUT2D eigenvalue weighted by molar-refractivity contribution is 0.695. The first-order valence-electron chi connectivity index (χ1n) is 13.7. The second kappa shape index (κ2) is 14.3. The maximum absolute atomic E-state index is 9.05. The molecule has 2 N–H and O–H groups in total. The van der Waals surface area contributed by atoms with E-state index in [9.17, 15) is 0 Å². The summed E-state index contributed by atoms with van der Waals surface area (Å²) in [5, 5.41) is 18.0. The fraction of sp³-hybridized carbons (Fsp3) is 0.235. The van der Waals surface area contributed by atoms with Gasteiger partial charge in [-0.1, -0.05) is 160 Å². The Kier molecular flexibility index (Phi) is 10.3. The lowest BCUT2D eigenvalue weighted by atomic mass is 9.53. The molecule has 38 heavy (non-hydrogen) atoms. The van der Waals surface area contributed by atoms with Gasteiger partial charge in [0, 0.05) is 11.8 Å². The molecule has 0 aliphatic carbocycles. The standard InChI is InChI=1S/C34H36B2N2/c1-2-30(36-34(38)32(28-20-11-5-12-21-28)29-22-13-6-14-23-29)24-15-25-35-33(37)31(26-16-7-3-8-17-26)27-18-9-4-10-19-27/h3-14,16-23,30-32,37-38H,2,15,24-25H2,1H3. The van der Waals surface area contributed by atoms with Crippen molar-refractivity contribution in [3.63, 3.8) is 0 Å². The average molecular weight is 494 g/mol. The van der Waals surface area contributed by atoms with E-state index in [1.807, 2.05) is 48.5 Å². The van der Waals surface area contributed by atoms with Crippen LogP contribution in [0.25, 0.3) is 0 Å². The van der Waals surface area contributed by atoms with Gasteiger partial charge in [-0.05, 0) is 33.5 Å². The highest BCUT2D eigenvalue weighted by atomic mass is 14.4. The molecule has 2 radical (unpaired) electrons. The molecule has 1 unspecified atom stereocenters. The average Bonchev–Trinajstić information content (AvgIpc) is 2.97. The highest BCUT2D eigenvalue weighted by molar-refractivity contribution is 6.77. The molecule has 188 valence electrons. The molecule has 1 atom stereocenters. The first kappa shape index (κ1) is 27.4. The van der Waals surface area contributed by atoms with E-state index >= 15 is 0 Å². The summed E-state index contributed by atoms with van der Waals surface area (Å²) in [5.74, 6) is 0.249. The fourth-order valence-corrected chi connectivity index (χ4v) is 5.20. The van der Waals surface area contributed by atoms with Crippen LogP contribution in [0.2, 0.25) is 12.1 Å². The third-order valence-corrected chi connectivity index (χ3v) is 7.24. The van der Waals surface area contributed by atoms with E-state index in [-0.39, 0.29) is 11.8 Å². The summed E-state index contributed by atoms with van der Waals surface area (Å²) in [6.07, 6.45) is 3.89. The topological polar surface area (TPSA) is 47.7 Å². The van der Waals surface area contributed by atoms with E-state index in [1.165, 1.54) is 0 Å². The highest BCUT2D eigenvalue weighted by Crippen LogP contribution is 2.29. The van der Waals surface area contributed by atoms with Crippen LogP contribution < -0.4 is 0 Å². The van der Waals surface area contributed by atoms with Crippen molar-refractivity contribution in [2.45, 2.75) is 50.2 Å². The molecule has 0 bridgehead atoms. The molecule has 4 aromatic rings. The van der Waals surface area contributed by atoms with Crippen LogP contribution in [0.15, 0.2) is 121 Å². The second-order valence-corrected chi connectivity index (χ2v) is 9.89. The minimum atomic E-state index is -0.0521. The quantitative estimate of drug-likeness (QED) is 0.100. The van der Waals surface area contributed by atoms with Crippen molar-refractivity contribution in [1.82, 2.24) is 0 Å². The fourth-order valence-electron chi connectivity index (χ4n) is 5.20. The Morgan fingerprint density at radius 3 is 1.32 bits per heavy atom. The molecule has 4 aromatic carbocycles. The minimum Gasteiger partial charge on any atom is -0.319 e. The molecule has 0 aliphatic rings. The molecule has 2 nitrogen and oxygen atoms in total. The van der Waals surface area contributed by atoms with Crippen LogP contribution in [0.3, 0.4) is 0 Å². The summed E-state index contributed by atoms with van der Waals surface area (Å²) in [4.78, 5) is 0. The van der Waals surface area contributed by atoms with Crippen LogP contribution in [-0.2, 0) is 0 Å². The van der Waals surface area contributed by atoms with Crippen LogP contribution >= 0.6 is 0 Å². The largest absolute Gasteiger partial charge is 0.319 e. The van der Waals surface area contributed by atoms with Gasteiger partial charge in [0.05, 0.1) is 0 Å². The van der Waals surface area contributed by atoms with E-state index in [0.717, 1.165) is 47.8 Å². The van der Waals surface area contributed by atoms with Crippen molar-refractivity contribution in [3.8, 4) is 0 Å². The molecule has 0 aromatic heterocycles. The molecule has 0 aliphatic heterocycles. The molecular weight excluding hydrogens is 458 g/mol. The molecular formula is C34H36B2N2. The van der Waals surface area contributed by atoms with Crippen LogP contribution in [0.4, 0.5) is 0 Å². The van der Waals surface area contributed by atoms with Gasteiger partial charge in [0.1, 0.15) is 0 Å². The third kappa shape index (κ3) is 7.44. The van der Waals surface area contributed by atoms with E-state index in [1.54, 1.807) is 0 Å². The molecule has 4 rings (SSSR count). The smallest absolute Gasteiger partial charge is 0.175 e. The summed E-state index contributed by atoms with van der Waals surface area (Å²) in [5.41, 5.74) is 5.94. The Morgan fingerprint density at radius 2 is 0.947 bits per heavy atom. The molecule has 0 amide bonds. The maximum Gasteiger partial charge on any atom is 0.175 e. The van der Waals surface area contributed by atoms with Gasteiger partial charge in [0.15, 0.2) is 14.6 Å². The maximum atomic E-state index is 9.05. The van der Waals surface area contributed by atoms with Crippen LogP contribution in [0, 0.1) is 10.8 Å². The number of hydrogen-bond acceptors (Lipinski definition) is 2. The minimum absolute atomic E-state index is 0.0448. The van der Waals surface area contributed by atoms with Crippen LogP contribution in [0.1, 0.15) is 60.3 Å². The Hall–Kier alpha value is -3.65. The molecule has 4 heteroatoms. The zero-order valence-corrected chi connectivity index (χ0v) is 22.3. The second-order valence-electron chi connectivity index (χ2n) is 9.89. The predicted molar refractivity (Wildman–Crippen MR) is 164 cm³/mol. The Bertz CT molecular complexity index is 1180.